The zero-order valence-corrected chi connectivity index (χ0v) is 11.0. The molecule has 2 heterocycles. The molecule has 0 saturated heterocycles. The summed E-state index contributed by atoms with van der Waals surface area (Å²) >= 11 is 0. The van der Waals surface area contributed by atoms with Crippen LogP contribution in [-0.4, -0.2) is 22.0 Å². The summed E-state index contributed by atoms with van der Waals surface area (Å²) in [6, 6.07) is 0. The molecule has 2 rings (SSSR count). The molecule has 2 N–H and O–H groups in total. The molecule has 0 aliphatic heterocycles. The summed E-state index contributed by atoms with van der Waals surface area (Å²) in [6.45, 7) is 7.28. The predicted molar refractivity (Wildman–Crippen MR) is 70.1 cm³/mol. The van der Waals surface area contributed by atoms with Gasteiger partial charge in [0.1, 0.15) is 11.5 Å². The maximum Gasteiger partial charge on any atom is 0.141 e. The molecule has 0 unspecified atom stereocenters. The number of hydrogen-bond acceptors (Lipinski definition) is 3. The van der Waals surface area contributed by atoms with Gasteiger partial charge in [-0.25, -0.2) is 9.97 Å². The highest BCUT2D eigenvalue weighted by atomic mass is 15.0. The fraction of sp³-hybridized carbons (Fsp3) is 0.538. The topological polar surface area (TPSA) is 53.6 Å². The van der Waals surface area contributed by atoms with Crippen LogP contribution < -0.4 is 5.32 Å². The summed E-state index contributed by atoms with van der Waals surface area (Å²) in [6.07, 6.45) is 2.90. The first-order valence-electron chi connectivity index (χ1n) is 6.18. The van der Waals surface area contributed by atoms with Gasteiger partial charge < -0.3 is 10.3 Å². The highest BCUT2D eigenvalue weighted by Gasteiger charge is 2.14. The first-order chi connectivity index (χ1) is 8.17. The second-order valence-corrected chi connectivity index (χ2v) is 4.60. The molecule has 0 spiro atoms. The second-order valence-electron chi connectivity index (χ2n) is 4.60. The summed E-state index contributed by atoms with van der Waals surface area (Å²) < 4.78 is 0. The van der Waals surface area contributed by atoms with E-state index in [1.807, 2.05) is 13.2 Å². The maximum absolute atomic E-state index is 4.68. The van der Waals surface area contributed by atoms with Gasteiger partial charge in [-0.05, 0) is 18.5 Å². The Morgan fingerprint density at radius 3 is 2.71 bits per heavy atom. The van der Waals surface area contributed by atoms with Gasteiger partial charge in [-0.1, -0.05) is 20.8 Å². The van der Waals surface area contributed by atoms with E-state index >= 15 is 0 Å². The molecular formula is C13H20N4. The molecule has 0 bridgehead atoms. The highest BCUT2D eigenvalue weighted by Crippen LogP contribution is 2.25. The smallest absolute Gasteiger partial charge is 0.141 e. The number of fused-ring (bicyclic) bond motifs is 1. The minimum Gasteiger partial charge on any atom is -0.346 e. The third kappa shape index (κ3) is 2.17. The summed E-state index contributed by atoms with van der Waals surface area (Å²) in [5, 5.41) is 4.37. The first kappa shape index (κ1) is 12.0. The summed E-state index contributed by atoms with van der Waals surface area (Å²) in [5.41, 5.74) is 3.36. The van der Waals surface area contributed by atoms with Crippen molar-refractivity contribution in [3.63, 3.8) is 0 Å². The summed E-state index contributed by atoms with van der Waals surface area (Å²) in [7, 11) is 1.95. The van der Waals surface area contributed by atoms with Gasteiger partial charge in [0, 0.05) is 24.5 Å². The Balaban J connectivity index is 2.66. The van der Waals surface area contributed by atoms with E-state index in [0.717, 1.165) is 30.1 Å². The number of H-pyrrole nitrogens is 1. The molecule has 2 aromatic heterocycles. The van der Waals surface area contributed by atoms with Crippen molar-refractivity contribution in [3.05, 3.63) is 23.3 Å². The zero-order valence-electron chi connectivity index (χ0n) is 11.0. The van der Waals surface area contributed by atoms with Gasteiger partial charge in [-0.2, -0.15) is 0 Å². The van der Waals surface area contributed by atoms with Crippen LogP contribution in [0.2, 0.25) is 0 Å². The molecule has 0 aliphatic carbocycles. The van der Waals surface area contributed by atoms with Crippen molar-refractivity contribution in [2.45, 2.75) is 39.7 Å². The minimum atomic E-state index is 0.414. The van der Waals surface area contributed by atoms with Gasteiger partial charge in [-0.3, -0.25) is 0 Å². The molecule has 4 heteroatoms. The van der Waals surface area contributed by atoms with Crippen LogP contribution in [0.1, 0.15) is 43.8 Å². The molecule has 4 nitrogen and oxygen atoms in total. The molecule has 2 aromatic rings. The first-order valence-corrected chi connectivity index (χ1v) is 6.18. The average molecular weight is 232 g/mol. The van der Waals surface area contributed by atoms with E-state index in [4.69, 9.17) is 0 Å². The van der Waals surface area contributed by atoms with E-state index in [1.54, 1.807) is 0 Å². The van der Waals surface area contributed by atoms with Crippen molar-refractivity contribution >= 4 is 11.0 Å². The Bertz CT molecular complexity index is 513. The normalized spacial score (nSPS) is 11.6. The molecular weight excluding hydrogens is 212 g/mol. The third-order valence-corrected chi connectivity index (χ3v) is 2.92. The van der Waals surface area contributed by atoms with Gasteiger partial charge >= 0.3 is 0 Å². The standard InChI is InChI=1S/C13H20N4/c1-5-10-16-12(8(2)3)11-9(6-14-4)7-15-13(11)17-10/h7-8,14H,5-6H2,1-4H3,(H,15,16,17). The molecule has 0 amide bonds. The van der Waals surface area contributed by atoms with E-state index in [0.29, 0.717) is 5.92 Å². The van der Waals surface area contributed by atoms with Gasteiger partial charge in [0.2, 0.25) is 0 Å². The number of aromatic amines is 1. The van der Waals surface area contributed by atoms with Crippen LogP contribution in [0.15, 0.2) is 6.20 Å². The van der Waals surface area contributed by atoms with Crippen LogP contribution in [-0.2, 0) is 13.0 Å². The van der Waals surface area contributed by atoms with Gasteiger partial charge in [0.15, 0.2) is 0 Å². The van der Waals surface area contributed by atoms with Crippen LogP contribution in [0.5, 0.6) is 0 Å². The van der Waals surface area contributed by atoms with E-state index in [2.05, 4.69) is 41.0 Å². The van der Waals surface area contributed by atoms with Crippen molar-refractivity contribution in [2.24, 2.45) is 0 Å². The average Bonchev–Trinajstić information content (AvgIpc) is 2.71. The molecule has 0 aliphatic rings. The molecule has 17 heavy (non-hydrogen) atoms. The van der Waals surface area contributed by atoms with E-state index in [9.17, 15) is 0 Å². The van der Waals surface area contributed by atoms with Crippen molar-refractivity contribution in [2.75, 3.05) is 7.05 Å². The highest BCUT2D eigenvalue weighted by molar-refractivity contribution is 5.82. The van der Waals surface area contributed by atoms with Crippen LogP contribution in [0.4, 0.5) is 0 Å². The largest absolute Gasteiger partial charge is 0.346 e. The lowest BCUT2D eigenvalue weighted by molar-refractivity contribution is 0.793. The van der Waals surface area contributed by atoms with Crippen molar-refractivity contribution in [1.29, 1.82) is 0 Å². The maximum atomic E-state index is 4.68. The van der Waals surface area contributed by atoms with Gasteiger partial charge in [0.05, 0.1) is 5.69 Å². The number of aromatic nitrogens is 3. The van der Waals surface area contributed by atoms with Gasteiger partial charge in [-0.15, -0.1) is 0 Å². The lowest BCUT2D eigenvalue weighted by Gasteiger charge is -2.09. The lowest BCUT2D eigenvalue weighted by Crippen LogP contribution is -2.07. The Labute approximate surface area is 102 Å². The van der Waals surface area contributed by atoms with Crippen molar-refractivity contribution < 1.29 is 0 Å². The van der Waals surface area contributed by atoms with E-state index < -0.39 is 0 Å². The molecule has 0 fully saturated rings. The predicted octanol–water partition coefficient (Wildman–Crippen LogP) is 2.36. The molecule has 0 atom stereocenters. The van der Waals surface area contributed by atoms with Crippen LogP contribution in [0.3, 0.4) is 0 Å². The summed E-state index contributed by atoms with van der Waals surface area (Å²) in [4.78, 5) is 12.5. The van der Waals surface area contributed by atoms with Crippen LogP contribution in [0.25, 0.3) is 11.0 Å². The molecule has 92 valence electrons. The lowest BCUT2D eigenvalue weighted by atomic mass is 10.0. The van der Waals surface area contributed by atoms with Gasteiger partial charge in [0.25, 0.3) is 0 Å². The van der Waals surface area contributed by atoms with Crippen molar-refractivity contribution in [3.8, 4) is 0 Å². The molecule has 0 saturated carbocycles. The fourth-order valence-electron chi connectivity index (χ4n) is 2.08. The number of nitrogens with one attached hydrogen (secondary N) is 2. The minimum absolute atomic E-state index is 0.414. The summed E-state index contributed by atoms with van der Waals surface area (Å²) in [5.74, 6) is 1.33. The quantitative estimate of drug-likeness (QED) is 0.851. The molecule has 0 radical (unpaired) electrons. The van der Waals surface area contributed by atoms with E-state index in [1.165, 1.54) is 10.9 Å². The van der Waals surface area contributed by atoms with Crippen LogP contribution >= 0.6 is 0 Å². The Morgan fingerprint density at radius 1 is 1.35 bits per heavy atom. The second kappa shape index (κ2) is 4.84. The third-order valence-electron chi connectivity index (χ3n) is 2.92. The monoisotopic (exact) mass is 232 g/mol. The number of nitrogens with zero attached hydrogens (tertiary/aromatic N) is 2. The zero-order chi connectivity index (χ0) is 12.4. The SMILES string of the molecule is CCc1nc(C(C)C)c2c(CNC)c[nH]c2n1. The number of hydrogen-bond donors (Lipinski definition) is 2. The van der Waals surface area contributed by atoms with E-state index in [-0.39, 0.29) is 0 Å². The van der Waals surface area contributed by atoms with Crippen LogP contribution in [0, 0.1) is 0 Å². The molecule has 0 aromatic carbocycles. The Hall–Kier alpha value is -1.42. The Kier molecular flexibility index (Phi) is 3.43. The fourth-order valence-corrected chi connectivity index (χ4v) is 2.08. The van der Waals surface area contributed by atoms with Crippen molar-refractivity contribution in [1.82, 2.24) is 20.3 Å². The number of aryl methyl sites for hydroxylation is 1. The Morgan fingerprint density at radius 2 is 2.12 bits per heavy atom. The number of rotatable bonds is 4.